The van der Waals surface area contributed by atoms with E-state index in [1.807, 2.05) is 20.8 Å². The van der Waals surface area contributed by atoms with Crippen LogP contribution >= 0.6 is 0 Å². The summed E-state index contributed by atoms with van der Waals surface area (Å²) < 4.78 is 38.1. The second-order valence-corrected chi connectivity index (χ2v) is 9.24. The van der Waals surface area contributed by atoms with Gasteiger partial charge in [-0.15, -0.1) is 0 Å². The lowest BCUT2D eigenvalue weighted by Crippen LogP contribution is -2.50. The zero-order valence-electron chi connectivity index (χ0n) is 15.8. The Morgan fingerprint density at radius 1 is 1.27 bits per heavy atom. The van der Waals surface area contributed by atoms with Crippen LogP contribution < -0.4 is 9.46 Å². The molecule has 0 aliphatic carbocycles. The van der Waals surface area contributed by atoms with Crippen LogP contribution in [0.3, 0.4) is 0 Å². The maximum atomic E-state index is 12.5. The summed E-state index contributed by atoms with van der Waals surface area (Å²) in [5.74, 6) is 0.569. The van der Waals surface area contributed by atoms with E-state index in [-0.39, 0.29) is 11.8 Å². The number of hydrogen-bond donors (Lipinski definition) is 1. The van der Waals surface area contributed by atoms with E-state index < -0.39 is 21.7 Å². The number of ether oxygens (including phenoxy) is 2. The number of piperidine rings is 1. The molecule has 146 valence electrons. The molecule has 0 radical (unpaired) electrons. The second kappa shape index (κ2) is 8.26. The highest BCUT2D eigenvalue weighted by Gasteiger charge is 2.29. The second-order valence-electron chi connectivity index (χ2n) is 7.49. The van der Waals surface area contributed by atoms with Gasteiger partial charge in [-0.2, -0.15) is 0 Å². The first-order chi connectivity index (χ1) is 12.1. The highest BCUT2D eigenvalue weighted by atomic mass is 32.2. The molecule has 1 saturated heterocycles. The van der Waals surface area contributed by atoms with Gasteiger partial charge in [0.2, 0.25) is 10.0 Å². The van der Waals surface area contributed by atoms with Crippen LogP contribution in [-0.4, -0.2) is 51.3 Å². The van der Waals surface area contributed by atoms with Gasteiger partial charge in [0.1, 0.15) is 11.4 Å². The van der Waals surface area contributed by atoms with E-state index in [1.165, 1.54) is 0 Å². The Morgan fingerprint density at radius 2 is 1.92 bits per heavy atom. The normalized spacial score (nSPS) is 18.5. The standard InChI is InChI=1S/C18H28N2O5S/c1-18(2,3)25-17(21)20-11-5-6-15(12-20)19-26(22,23)13-14-7-9-16(24-4)10-8-14/h7-10,15,19H,5-6,11-13H2,1-4H3. The summed E-state index contributed by atoms with van der Waals surface area (Å²) in [4.78, 5) is 13.8. The summed E-state index contributed by atoms with van der Waals surface area (Å²) in [6, 6.07) is 6.61. The van der Waals surface area contributed by atoms with Gasteiger partial charge in [-0.25, -0.2) is 17.9 Å². The summed E-state index contributed by atoms with van der Waals surface area (Å²) in [6.07, 6.45) is 1.02. The summed E-state index contributed by atoms with van der Waals surface area (Å²) >= 11 is 0. The summed E-state index contributed by atoms with van der Waals surface area (Å²) in [5, 5.41) is 0. The molecular formula is C18H28N2O5S. The first-order valence-electron chi connectivity index (χ1n) is 8.69. The van der Waals surface area contributed by atoms with Crippen molar-refractivity contribution in [2.75, 3.05) is 20.2 Å². The molecule has 1 amide bonds. The number of nitrogens with zero attached hydrogens (tertiary/aromatic N) is 1. The molecule has 1 aliphatic rings. The Kier molecular flexibility index (Phi) is 6.52. The number of benzene rings is 1. The number of nitrogens with one attached hydrogen (secondary N) is 1. The van der Waals surface area contributed by atoms with Gasteiger partial charge in [0, 0.05) is 19.1 Å². The Hall–Kier alpha value is -1.80. The predicted molar refractivity (Wildman–Crippen MR) is 99.6 cm³/mol. The summed E-state index contributed by atoms with van der Waals surface area (Å²) in [6.45, 7) is 6.32. The SMILES string of the molecule is COc1ccc(CS(=O)(=O)NC2CCCN(C(=O)OC(C)(C)C)C2)cc1. The lowest BCUT2D eigenvalue weighted by molar-refractivity contribution is 0.0195. The van der Waals surface area contributed by atoms with Crippen molar-refractivity contribution in [1.82, 2.24) is 9.62 Å². The molecule has 0 spiro atoms. The molecule has 1 fully saturated rings. The smallest absolute Gasteiger partial charge is 0.410 e. The molecule has 1 heterocycles. The molecule has 0 bridgehead atoms. The number of hydrogen-bond acceptors (Lipinski definition) is 5. The van der Waals surface area contributed by atoms with Crippen LogP contribution in [0, 0.1) is 0 Å². The number of likely N-dealkylation sites (tertiary alicyclic amines) is 1. The van der Waals surface area contributed by atoms with Crippen molar-refractivity contribution < 1.29 is 22.7 Å². The topological polar surface area (TPSA) is 84.9 Å². The Labute approximate surface area is 155 Å². The molecule has 0 saturated carbocycles. The third-order valence-electron chi connectivity index (χ3n) is 3.94. The first kappa shape index (κ1) is 20.5. The lowest BCUT2D eigenvalue weighted by atomic mass is 10.1. The van der Waals surface area contributed by atoms with Crippen molar-refractivity contribution in [2.45, 2.75) is 51.0 Å². The zero-order chi connectivity index (χ0) is 19.4. The van der Waals surface area contributed by atoms with Crippen LogP contribution in [0.25, 0.3) is 0 Å². The predicted octanol–water partition coefficient (Wildman–Crippen LogP) is 2.51. The first-order valence-corrected chi connectivity index (χ1v) is 10.3. The molecule has 7 nitrogen and oxygen atoms in total. The minimum atomic E-state index is -3.51. The Balaban J connectivity index is 1.94. The zero-order valence-corrected chi connectivity index (χ0v) is 16.6. The monoisotopic (exact) mass is 384 g/mol. The third kappa shape index (κ3) is 6.49. The van der Waals surface area contributed by atoms with Crippen LogP contribution in [0.5, 0.6) is 5.75 Å². The van der Waals surface area contributed by atoms with Gasteiger partial charge >= 0.3 is 6.09 Å². The van der Waals surface area contributed by atoms with Gasteiger partial charge in [-0.1, -0.05) is 12.1 Å². The van der Waals surface area contributed by atoms with E-state index in [1.54, 1.807) is 36.3 Å². The molecule has 1 N–H and O–H groups in total. The molecule has 0 aromatic heterocycles. The van der Waals surface area contributed by atoms with Gasteiger partial charge in [-0.05, 0) is 51.3 Å². The number of carbonyl (C=O) groups excluding carboxylic acids is 1. The molecule has 1 aromatic rings. The molecule has 1 aliphatic heterocycles. The lowest BCUT2D eigenvalue weighted by Gasteiger charge is -2.34. The molecule has 26 heavy (non-hydrogen) atoms. The average molecular weight is 384 g/mol. The van der Waals surface area contributed by atoms with Gasteiger partial charge in [0.25, 0.3) is 0 Å². The van der Waals surface area contributed by atoms with Gasteiger partial charge < -0.3 is 14.4 Å². The van der Waals surface area contributed by atoms with Gasteiger partial charge in [0.05, 0.1) is 12.9 Å². The maximum Gasteiger partial charge on any atom is 0.410 e. The van der Waals surface area contributed by atoms with Gasteiger partial charge in [-0.3, -0.25) is 0 Å². The number of methoxy groups -OCH3 is 1. The highest BCUT2D eigenvalue weighted by molar-refractivity contribution is 7.88. The molecule has 1 unspecified atom stereocenters. The van der Waals surface area contributed by atoms with Crippen molar-refractivity contribution in [2.24, 2.45) is 0 Å². The average Bonchev–Trinajstić information content (AvgIpc) is 2.53. The van der Waals surface area contributed by atoms with E-state index in [2.05, 4.69) is 4.72 Å². The molecule has 2 rings (SSSR count). The fraction of sp³-hybridized carbons (Fsp3) is 0.611. The number of rotatable bonds is 5. The maximum absolute atomic E-state index is 12.5. The van der Waals surface area contributed by atoms with Crippen LogP contribution in [0.15, 0.2) is 24.3 Å². The highest BCUT2D eigenvalue weighted by Crippen LogP contribution is 2.17. The molecular weight excluding hydrogens is 356 g/mol. The van der Waals surface area contributed by atoms with E-state index in [0.717, 1.165) is 6.42 Å². The molecule has 8 heteroatoms. The summed E-state index contributed by atoms with van der Waals surface area (Å²) in [5.41, 5.74) is 0.107. The van der Waals surface area contributed by atoms with Crippen LogP contribution in [0.2, 0.25) is 0 Å². The Bertz CT molecular complexity index is 710. The van der Waals surface area contributed by atoms with Gasteiger partial charge in [0.15, 0.2) is 0 Å². The van der Waals surface area contributed by atoms with E-state index in [0.29, 0.717) is 30.8 Å². The quantitative estimate of drug-likeness (QED) is 0.843. The van der Waals surface area contributed by atoms with Crippen molar-refractivity contribution >= 4 is 16.1 Å². The van der Waals surface area contributed by atoms with Crippen molar-refractivity contribution in [3.63, 3.8) is 0 Å². The third-order valence-corrected chi connectivity index (χ3v) is 5.34. The van der Waals surface area contributed by atoms with Crippen LogP contribution in [0.1, 0.15) is 39.2 Å². The minimum Gasteiger partial charge on any atom is -0.497 e. The largest absolute Gasteiger partial charge is 0.497 e. The fourth-order valence-electron chi connectivity index (χ4n) is 2.80. The number of sulfonamides is 1. The Morgan fingerprint density at radius 3 is 2.50 bits per heavy atom. The fourth-order valence-corrected chi connectivity index (χ4v) is 4.22. The van der Waals surface area contributed by atoms with E-state index in [4.69, 9.17) is 9.47 Å². The van der Waals surface area contributed by atoms with E-state index >= 15 is 0 Å². The number of carbonyl (C=O) groups is 1. The summed E-state index contributed by atoms with van der Waals surface area (Å²) in [7, 11) is -1.95. The molecule has 1 aromatic carbocycles. The van der Waals surface area contributed by atoms with Crippen LogP contribution in [-0.2, 0) is 20.5 Å². The van der Waals surface area contributed by atoms with Crippen molar-refractivity contribution in [3.8, 4) is 5.75 Å². The number of amides is 1. The molecule has 1 atom stereocenters. The van der Waals surface area contributed by atoms with E-state index in [9.17, 15) is 13.2 Å². The van der Waals surface area contributed by atoms with Crippen molar-refractivity contribution in [1.29, 1.82) is 0 Å². The van der Waals surface area contributed by atoms with Crippen molar-refractivity contribution in [3.05, 3.63) is 29.8 Å². The minimum absolute atomic E-state index is 0.111. The van der Waals surface area contributed by atoms with Crippen LogP contribution in [0.4, 0.5) is 4.79 Å².